The van der Waals surface area contributed by atoms with E-state index in [4.69, 9.17) is 4.52 Å². The molecule has 6 heteroatoms. The highest BCUT2D eigenvalue weighted by molar-refractivity contribution is 14.0. The number of nitrogens with one attached hydrogen (secondary N) is 2. The van der Waals surface area contributed by atoms with E-state index in [-0.39, 0.29) is 24.0 Å². The number of rotatable bonds is 7. The summed E-state index contributed by atoms with van der Waals surface area (Å²) in [6, 6.07) is 2.38. The smallest absolute Gasteiger partial charge is 0.191 e. The molecule has 1 aromatic heterocycles. The van der Waals surface area contributed by atoms with Crippen molar-refractivity contribution in [3.8, 4) is 0 Å². The number of nitrogens with zero attached hydrogens (tertiary/aromatic N) is 2. The molecule has 0 aromatic carbocycles. The quantitative estimate of drug-likeness (QED) is 0.411. The fourth-order valence-electron chi connectivity index (χ4n) is 2.05. The van der Waals surface area contributed by atoms with Crippen molar-refractivity contribution in [1.29, 1.82) is 0 Å². The average molecular weight is 408 g/mol. The Morgan fingerprint density at radius 2 is 1.95 bits per heavy atom. The molecule has 0 atom stereocenters. The van der Waals surface area contributed by atoms with Gasteiger partial charge in [0.15, 0.2) is 11.7 Å². The first-order chi connectivity index (χ1) is 9.60. The Balaban J connectivity index is 0.00000400. The van der Waals surface area contributed by atoms with Crippen LogP contribution in [0, 0.1) is 0 Å². The second-order valence-corrected chi connectivity index (χ2v) is 5.23. The molecule has 21 heavy (non-hydrogen) atoms. The fraction of sp³-hybridized carbons (Fsp3) is 0.733. The van der Waals surface area contributed by atoms with Crippen molar-refractivity contribution in [3.63, 3.8) is 0 Å². The lowest BCUT2D eigenvalue weighted by atomic mass is 9.99. The first-order valence-electron chi connectivity index (χ1n) is 7.60. The van der Waals surface area contributed by atoms with Gasteiger partial charge >= 0.3 is 0 Å². The number of aliphatic imine (C=N–C) groups is 1. The maximum absolute atomic E-state index is 5.37. The van der Waals surface area contributed by atoms with Gasteiger partial charge in [0.1, 0.15) is 6.54 Å². The lowest BCUT2D eigenvalue weighted by Gasteiger charge is -2.13. The Kier molecular flexibility index (Phi) is 10.5. The Bertz CT molecular complexity index is 414. The van der Waals surface area contributed by atoms with Gasteiger partial charge in [-0.15, -0.1) is 24.0 Å². The van der Waals surface area contributed by atoms with E-state index in [2.05, 4.69) is 55.4 Å². The number of guanidine groups is 1. The summed E-state index contributed by atoms with van der Waals surface area (Å²) >= 11 is 0. The second-order valence-electron chi connectivity index (χ2n) is 5.23. The molecule has 0 aliphatic rings. The third-order valence-corrected chi connectivity index (χ3v) is 3.14. The highest BCUT2D eigenvalue weighted by Crippen LogP contribution is 2.22. The summed E-state index contributed by atoms with van der Waals surface area (Å²) in [6.45, 7) is 11.9. The molecule has 5 nitrogen and oxygen atoms in total. The molecule has 1 heterocycles. The van der Waals surface area contributed by atoms with Gasteiger partial charge < -0.3 is 15.2 Å². The van der Waals surface area contributed by atoms with Gasteiger partial charge in [-0.2, -0.15) is 0 Å². The van der Waals surface area contributed by atoms with Crippen molar-refractivity contribution in [3.05, 3.63) is 17.5 Å². The van der Waals surface area contributed by atoms with Gasteiger partial charge in [0.2, 0.25) is 0 Å². The molecule has 0 saturated heterocycles. The summed E-state index contributed by atoms with van der Waals surface area (Å²) < 4.78 is 5.37. The standard InChI is InChI=1S/C15H28N4O.HI/c1-6-12(7-2)14-9-13(20-19-14)10-17-15(16-8-3)18-11(4)5;/h9,11-12H,6-8,10H2,1-5H3,(H2,16,17,18);1H. The second kappa shape index (κ2) is 10.9. The lowest BCUT2D eigenvalue weighted by Crippen LogP contribution is -2.40. The molecule has 0 unspecified atom stereocenters. The summed E-state index contributed by atoms with van der Waals surface area (Å²) in [5.41, 5.74) is 1.04. The maximum Gasteiger partial charge on any atom is 0.191 e. The average Bonchev–Trinajstić information content (AvgIpc) is 2.86. The molecule has 0 saturated carbocycles. The topological polar surface area (TPSA) is 62.5 Å². The molecule has 0 bridgehead atoms. The zero-order valence-electron chi connectivity index (χ0n) is 13.8. The van der Waals surface area contributed by atoms with Gasteiger partial charge in [0.25, 0.3) is 0 Å². The van der Waals surface area contributed by atoms with Gasteiger partial charge in [0, 0.05) is 24.6 Å². The molecular weight excluding hydrogens is 379 g/mol. The van der Waals surface area contributed by atoms with E-state index >= 15 is 0 Å². The third-order valence-electron chi connectivity index (χ3n) is 3.14. The van der Waals surface area contributed by atoms with E-state index in [0.29, 0.717) is 18.5 Å². The Morgan fingerprint density at radius 3 is 2.48 bits per heavy atom. The first kappa shape index (κ1) is 20.2. The molecule has 0 spiro atoms. The number of halogens is 1. The number of hydrogen-bond donors (Lipinski definition) is 2. The lowest BCUT2D eigenvalue weighted by molar-refractivity contribution is 0.372. The fourth-order valence-corrected chi connectivity index (χ4v) is 2.05. The summed E-state index contributed by atoms with van der Waals surface area (Å²) in [7, 11) is 0. The van der Waals surface area contributed by atoms with Crippen LogP contribution in [0.15, 0.2) is 15.6 Å². The maximum atomic E-state index is 5.37. The van der Waals surface area contributed by atoms with E-state index in [9.17, 15) is 0 Å². The molecule has 0 radical (unpaired) electrons. The summed E-state index contributed by atoms with van der Waals surface area (Å²) in [5.74, 6) is 2.11. The molecule has 1 aromatic rings. The molecular formula is C15H29IN4O. The molecule has 2 N–H and O–H groups in total. The Labute approximate surface area is 145 Å². The normalized spacial score (nSPS) is 11.7. The van der Waals surface area contributed by atoms with Crippen LogP contribution in [0.5, 0.6) is 0 Å². The van der Waals surface area contributed by atoms with E-state index in [0.717, 1.165) is 36.8 Å². The minimum absolute atomic E-state index is 0. The summed E-state index contributed by atoms with van der Waals surface area (Å²) in [4.78, 5) is 4.51. The van der Waals surface area contributed by atoms with Crippen LogP contribution in [0.3, 0.4) is 0 Å². The van der Waals surface area contributed by atoms with Gasteiger partial charge in [-0.1, -0.05) is 19.0 Å². The highest BCUT2D eigenvalue weighted by Gasteiger charge is 2.12. The Morgan fingerprint density at radius 1 is 1.29 bits per heavy atom. The van der Waals surface area contributed by atoms with Gasteiger partial charge in [-0.05, 0) is 33.6 Å². The minimum atomic E-state index is 0. The summed E-state index contributed by atoms with van der Waals surface area (Å²) in [6.07, 6.45) is 2.17. The molecule has 122 valence electrons. The van der Waals surface area contributed by atoms with Crippen LogP contribution in [-0.4, -0.2) is 23.7 Å². The van der Waals surface area contributed by atoms with Crippen LogP contribution in [0.25, 0.3) is 0 Å². The molecule has 0 fully saturated rings. The van der Waals surface area contributed by atoms with Gasteiger partial charge in [0.05, 0.1) is 5.69 Å². The van der Waals surface area contributed by atoms with Crippen molar-refractivity contribution < 1.29 is 4.52 Å². The van der Waals surface area contributed by atoms with Crippen LogP contribution in [0.2, 0.25) is 0 Å². The van der Waals surface area contributed by atoms with Crippen LogP contribution in [-0.2, 0) is 6.54 Å². The van der Waals surface area contributed by atoms with E-state index < -0.39 is 0 Å². The van der Waals surface area contributed by atoms with Crippen molar-refractivity contribution in [2.24, 2.45) is 4.99 Å². The third kappa shape index (κ3) is 7.15. The van der Waals surface area contributed by atoms with Crippen molar-refractivity contribution in [2.75, 3.05) is 6.54 Å². The SMILES string of the molecule is CCNC(=NCc1cc(C(CC)CC)no1)NC(C)C.I. The molecule has 1 rings (SSSR count). The van der Waals surface area contributed by atoms with Crippen molar-refractivity contribution in [2.45, 2.75) is 66.0 Å². The predicted octanol–water partition coefficient (Wildman–Crippen LogP) is 3.66. The van der Waals surface area contributed by atoms with E-state index in [1.807, 2.05) is 6.07 Å². The van der Waals surface area contributed by atoms with Crippen molar-refractivity contribution in [1.82, 2.24) is 15.8 Å². The van der Waals surface area contributed by atoms with Crippen LogP contribution >= 0.6 is 24.0 Å². The van der Waals surface area contributed by atoms with Crippen molar-refractivity contribution >= 4 is 29.9 Å². The zero-order chi connectivity index (χ0) is 15.0. The van der Waals surface area contributed by atoms with Crippen LogP contribution < -0.4 is 10.6 Å². The zero-order valence-corrected chi connectivity index (χ0v) is 16.1. The van der Waals surface area contributed by atoms with E-state index in [1.54, 1.807) is 0 Å². The molecule has 0 amide bonds. The number of aromatic nitrogens is 1. The van der Waals surface area contributed by atoms with Gasteiger partial charge in [-0.25, -0.2) is 4.99 Å². The Hall–Kier alpha value is -0.790. The monoisotopic (exact) mass is 408 g/mol. The molecule has 0 aliphatic carbocycles. The number of hydrogen-bond acceptors (Lipinski definition) is 3. The van der Waals surface area contributed by atoms with Gasteiger partial charge in [-0.3, -0.25) is 0 Å². The van der Waals surface area contributed by atoms with Crippen LogP contribution in [0.1, 0.15) is 64.8 Å². The molecule has 0 aliphatic heterocycles. The largest absolute Gasteiger partial charge is 0.359 e. The van der Waals surface area contributed by atoms with Crippen LogP contribution in [0.4, 0.5) is 0 Å². The summed E-state index contributed by atoms with van der Waals surface area (Å²) in [5, 5.41) is 10.7. The van der Waals surface area contributed by atoms with E-state index in [1.165, 1.54) is 0 Å². The predicted molar refractivity (Wildman–Crippen MR) is 98.3 cm³/mol. The highest BCUT2D eigenvalue weighted by atomic mass is 127. The minimum Gasteiger partial charge on any atom is -0.359 e. The first-order valence-corrected chi connectivity index (χ1v) is 7.60.